The summed E-state index contributed by atoms with van der Waals surface area (Å²) in [6.07, 6.45) is 4.94. The average Bonchev–Trinajstić information content (AvgIpc) is 3.28. The molecule has 0 aromatic heterocycles. The van der Waals surface area contributed by atoms with Gasteiger partial charge in [-0.15, -0.1) is 0 Å². The Hall–Kier alpha value is -7.78. The molecule has 0 saturated heterocycles. The summed E-state index contributed by atoms with van der Waals surface area (Å²) in [6.45, 7) is 11.2. The molecule has 9 heteroatoms. The third-order valence-electron chi connectivity index (χ3n) is 12.6. The molecule has 9 nitrogen and oxygen atoms in total. The van der Waals surface area contributed by atoms with E-state index < -0.39 is 11.5 Å². The second-order valence-electron chi connectivity index (χ2n) is 18.0. The largest absolute Gasteiger partial charge is 0.507 e. The van der Waals surface area contributed by atoms with Gasteiger partial charge in [-0.05, 0) is 131 Å². The minimum absolute atomic E-state index is 0.0944. The number of hydrogen-bond donors (Lipinski definition) is 7. The Morgan fingerprint density at radius 1 is 0.576 bits per heavy atom. The van der Waals surface area contributed by atoms with Gasteiger partial charge >= 0.3 is 0 Å². The molecule has 7 aromatic rings. The quantitative estimate of drug-likeness (QED) is 0.0290. The standard InChI is InChI=1S/C57H55N3O6/c1-30(2)46-43-25-32(5)48(54(63)50(43)42(52(61)56(46)65)24-17-34-7-9-35(10-8-34)27-36-11-18-39(58)19-12-36)49-33(6)26-44-47(31(3)4)57(66)53(62)45(51(44)55(49)64)29-60-41-22-15-38(16-23-41)28-37-13-20-40(59)21-14-37/h7-16,18-26,29-31,62-66H,17,27-28,58-59H2,1-6H3/b42-24-,60-29?. The van der Waals surface area contributed by atoms with E-state index in [2.05, 4.69) is 0 Å². The first-order chi connectivity index (χ1) is 31.5. The minimum Gasteiger partial charge on any atom is -0.507 e. The fourth-order valence-electron chi connectivity index (χ4n) is 9.28. The van der Waals surface area contributed by atoms with Crippen LogP contribution >= 0.6 is 0 Å². The smallest absolute Gasteiger partial charge is 0.228 e. The number of Topliss-reactive ketones (excluding diaryl/α,β-unsaturated/α-hetero) is 1. The van der Waals surface area contributed by atoms with Crippen LogP contribution < -0.4 is 11.5 Å². The molecule has 8 rings (SSSR count). The van der Waals surface area contributed by atoms with Crippen LogP contribution in [0.4, 0.5) is 17.1 Å². The van der Waals surface area contributed by atoms with Gasteiger partial charge in [0.2, 0.25) is 5.78 Å². The van der Waals surface area contributed by atoms with E-state index in [0.717, 1.165) is 34.2 Å². The van der Waals surface area contributed by atoms with Crippen LogP contribution in [0.25, 0.3) is 33.0 Å². The van der Waals surface area contributed by atoms with E-state index in [1.807, 2.05) is 151 Å². The molecule has 9 N–H and O–H groups in total. The van der Waals surface area contributed by atoms with E-state index in [4.69, 9.17) is 16.5 Å². The van der Waals surface area contributed by atoms with Crippen LogP contribution in [-0.2, 0) is 24.1 Å². The number of carbonyl (C=O) groups excluding carboxylic acids is 1. The number of aryl methyl sites for hydroxylation is 2. The number of nitrogens with two attached hydrogens (primary N) is 2. The fraction of sp³-hybridized carbons (Fsp3) is 0.193. The van der Waals surface area contributed by atoms with Gasteiger partial charge in [-0.25, -0.2) is 0 Å². The SMILES string of the molecule is Cc1cc2c(c(O)c1-c1c(C)cc3c(C(C)C)c(O)c(O)c(C=Nc4ccc(Cc5ccc(N)cc5)cc4)c3c1O)/C(=C/Cc1ccc(Cc3ccc(N)cc3)cc1)C(=O)C(O)=C2C(C)C. The molecule has 0 spiro atoms. The summed E-state index contributed by atoms with van der Waals surface area (Å²) in [5, 5.41) is 60.6. The van der Waals surface area contributed by atoms with Crippen molar-refractivity contribution in [1.29, 1.82) is 0 Å². The van der Waals surface area contributed by atoms with Crippen molar-refractivity contribution in [2.24, 2.45) is 10.9 Å². The van der Waals surface area contributed by atoms with Crippen molar-refractivity contribution < 1.29 is 30.3 Å². The van der Waals surface area contributed by atoms with Gasteiger partial charge in [-0.2, -0.15) is 0 Å². The van der Waals surface area contributed by atoms with Gasteiger partial charge in [0.1, 0.15) is 11.5 Å². The topological polar surface area (TPSA) is 183 Å². The zero-order valence-corrected chi connectivity index (χ0v) is 38.1. The number of nitrogen functional groups attached to an aromatic ring is 2. The molecule has 0 unspecified atom stereocenters. The van der Waals surface area contributed by atoms with Crippen molar-refractivity contribution >= 4 is 51.0 Å². The molecule has 1 aliphatic carbocycles. The number of aliphatic imine (C=N–C) groups is 1. The number of aromatic hydroxyl groups is 4. The number of aliphatic hydroxyl groups excluding tert-OH is 1. The number of aliphatic hydroxyl groups is 1. The summed E-state index contributed by atoms with van der Waals surface area (Å²) in [5.41, 5.74) is 22.7. The Labute approximate surface area is 385 Å². The van der Waals surface area contributed by atoms with Gasteiger partial charge < -0.3 is 37.0 Å². The highest BCUT2D eigenvalue weighted by Gasteiger charge is 2.36. The lowest BCUT2D eigenvalue weighted by Gasteiger charge is -2.28. The molecule has 0 radical (unpaired) electrons. The molecule has 1 aliphatic rings. The minimum atomic E-state index is -0.602. The van der Waals surface area contributed by atoms with Crippen LogP contribution in [0.1, 0.15) is 94.8 Å². The number of benzene rings is 7. The summed E-state index contributed by atoms with van der Waals surface area (Å²) in [7, 11) is 0. The number of nitrogens with zero attached hydrogens (tertiary/aromatic N) is 1. The number of carbonyl (C=O) groups is 1. The molecular weight excluding hydrogens is 823 g/mol. The summed E-state index contributed by atoms with van der Waals surface area (Å²) in [6, 6.07) is 34.9. The maximum Gasteiger partial charge on any atom is 0.228 e. The van der Waals surface area contributed by atoms with Crippen LogP contribution in [-0.4, -0.2) is 37.5 Å². The predicted octanol–water partition coefficient (Wildman–Crippen LogP) is 12.3. The Balaban J connectivity index is 1.23. The monoisotopic (exact) mass is 877 g/mol. The Bertz CT molecular complexity index is 3120. The Morgan fingerprint density at radius 2 is 1.06 bits per heavy atom. The molecule has 0 bridgehead atoms. The first-order valence-electron chi connectivity index (χ1n) is 22.2. The Kier molecular flexibility index (Phi) is 12.2. The predicted molar refractivity (Wildman–Crippen MR) is 268 cm³/mol. The van der Waals surface area contributed by atoms with E-state index >= 15 is 0 Å². The molecule has 66 heavy (non-hydrogen) atoms. The van der Waals surface area contributed by atoms with Crippen LogP contribution in [0, 0.1) is 19.8 Å². The van der Waals surface area contributed by atoms with Gasteiger partial charge in [-0.3, -0.25) is 9.79 Å². The molecule has 0 aliphatic heterocycles. The van der Waals surface area contributed by atoms with E-state index in [-0.39, 0.29) is 62.5 Å². The van der Waals surface area contributed by atoms with Crippen molar-refractivity contribution in [1.82, 2.24) is 0 Å². The van der Waals surface area contributed by atoms with Gasteiger partial charge in [-0.1, -0.05) is 107 Å². The second-order valence-corrected chi connectivity index (χ2v) is 18.0. The van der Waals surface area contributed by atoms with Crippen molar-refractivity contribution in [3.63, 3.8) is 0 Å². The second kappa shape index (κ2) is 18.0. The van der Waals surface area contributed by atoms with Gasteiger partial charge in [0.25, 0.3) is 0 Å². The number of allylic oxidation sites excluding steroid dienone is 3. The fourth-order valence-corrected chi connectivity index (χ4v) is 9.28. The van der Waals surface area contributed by atoms with Crippen LogP contribution in [0.5, 0.6) is 23.0 Å². The maximum absolute atomic E-state index is 14.2. The highest BCUT2D eigenvalue weighted by Crippen LogP contribution is 2.54. The molecule has 0 saturated carbocycles. The van der Waals surface area contributed by atoms with Crippen molar-refractivity contribution in [2.45, 2.75) is 66.7 Å². The lowest BCUT2D eigenvalue weighted by molar-refractivity contribution is -0.112. The number of anilines is 2. The lowest BCUT2D eigenvalue weighted by atomic mass is 9.76. The molecule has 0 amide bonds. The number of ketones is 1. The van der Waals surface area contributed by atoms with Gasteiger partial charge in [0, 0.05) is 56.4 Å². The van der Waals surface area contributed by atoms with E-state index in [1.54, 1.807) is 6.08 Å². The third-order valence-corrected chi connectivity index (χ3v) is 12.6. The number of hydrogen-bond acceptors (Lipinski definition) is 9. The number of phenols is 4. The molecule has 0 heterocycles. The first-order valence-corrected chi connectivity index (χ1v) is 22.2. The normalized spacial score (nSPS) is 13.5. The van der Waals surface area contributed by atoms with Crippen LogP contribution in [0.2, 0.25) is 0 Å². The number of rotatable bonds is 11. The number of phenolic OH excluding ortho intramolecular Hbond substituents is 4. The van der Waals surface area contributed by atoms with Crippen molar-refractivity contribution in [3.8, 4) is 34.1 Å². The van der Waals surface area contributed by atoms with E-state index in [0.29, 0.717) is 68.7 Å². The summed E-state index contributed by atoms with van der Waals surface area (Å²) in [5.74, 6) is -2.71. The zero-order chi connectivity index (χ0) is 47.1. The van der Waals surface area contributed by atoms with Crippen LogP contribution in [0.15, 0.2) is 126 Å². The van der Waals surface area contributed by atoms with Gasteiger partial charge in [0.15, 0.2) is 17.3 Å². The lowest BCUT2D eigenvalue weighted by Crippen LogP contribution is -2.18. The zero-order valence-electron chi connectivity index (χ0n) is 38.1. The highest BCUT2D eigenvalue weighted by atomic mass is 16.3. The summed E-state index contributed by atoms with van der Waals surface area (Å²) in [4.78, 5) is 18.9. The molecule has 0 atom stereocenters. The Morgan fingerprint density at radius 3 is 1.59 bits per heavy atom. The molecule has 334 valence electrons. The summed E-state index contributed by atoms with van der Waals surface area (Å²) < 4.78 is 0. The molecular formula is C57H55N3O6. The molecule has 0 fully saturated rings. The van der Waals surface area contributed by atoms with Crippen molar-refractivity contribution in [3.05, 3.63) is 182 Å². The van der Waals surface area contributed by atoms with Crippen LogP contribution in [0.3, 0.4) is 0 Å². The average molecular weight is 878 g/mol. The number of fused-ring (bicyclic) bond motifs is 2. The maximum atomic E-state index is 14.2. The summed E-state index contributed by atoms with van der Waals surface area (Å²) >= 11 is 0. The van der Waals surface area contributed by atoms with Gasteiger partial charge in [0.05, 0.1) is 11.3 Å². The van der Waals surface area contributed by atoms with E-state index in [1.165, 1.54) is 6.21 Å². The highest BCUT2D eigenvalue weighted by molar-refractivity contribution is 6.34. The molecule has 7 aromatic carbocycles. The first kappa shape index (κ1) is 44.8. The van der Waals surface area contributed by atoms with Crippen molar-refractivity contribution in [2.75, 3.05) is 11.5 Å². The van der Waals surface area contributed by atoms with E-state index in [9.17, 15) is 30.3 Å². The third kappa shape index (κ3) is 8.48.